The molecule has 0 bridgehead atoms. The molecule has 0 N–H and O–H groups in total. The summed E-state index contributed by atoms with van der Waals surface area (Å²) in [5, 5.41) is 9.16. The molecular weight excluding hydrogens is 212 g/mol. The lowest BCUT2D eigenvalue weighted by molar-refractivity contribution is 0.414. The maximum atomic E-state index is 9.16. The molecule has 0 aromatic heterocycles. The molecular formula is C14H16N2O. The van der Waals surface area contributed by atoms with Gasteiger partial charge in [0.15, 0.2) is 0 Å². The summed E-state index contributed by atoms with van der Waals surface area (Å²) in [6.45, 7) is 4.55. The molecule has 1 saturated carbocycles. The minimum absolute atomic E-state index is 0.548. The molecule has 3 nitrogen and oxygen atoms in total. The van der Waals surface area contributed by atoms with Crippen LogP contribution in [0, 0.1) is 11.3 Å². The topological polar surface area (TPSA) is 36.3 Å². The highest BCUT2D eigenvalue weighted by atomic mass is 16.5. The fourth-order valence-electron chi connectivity index (χ4n) is 1.94. The molecule has 1 aliphatic rings. The molecule has 0 amide bonds. The van der Waals surface area contributed by atoms with Gasteiger partial charge in [0, 0.05) is 18.7 Å². The summed E-state index contributed by atoms with van der Waals surface area (Å²) in [6, 6.07) is 8.35. The Hall–Kier alpha value is -1.95. The van der Waals surface area contributed by atoms with Crippen LogP contribution in [0.1, 0.15) is 18.4 Å². The van der Waals surface area contributed by atoms with Crippen LogP contribution in [0.3, 0.4) is 0 Å². The predicted molar refractivity (Wildman–Crippen MR) is 68.3 cm³/mol. The van der Waals surface area contributed by atoms with Crippen LogP contribution in [0.4, 0.5) is 5.69 Å². The number of anilines is 1. The quantitative estimate of drug-likeness (QED) is 0.727. The maximum absolute atomic E-state index is 9.16. The molecule has 0 aliphatic heterocycles. The molecule has 1 aliphatic carbocycles. The zero-order chi connectivity index (χ0) is 12.3. The van der Waals surface area contributed by atoms with Crippen LogP contribution >= 0.6 is 0 Å². The zero-order valence-electron chi connectivity index (χ0n) is 10.0. The Balaban J connectivity index is 2.39. The predicted octanol–water partition coefficient (Wildman–Crippen LogP) is 2.72. The van der Waals surface area contributed by atoms with Gasteiger partial charge in [-0.05, 0) is 25.0 Å². The van der Waals surface area contributed by atoms with Crippen molar-refractivity contribution in [2.45, 2.75) is 18.9 Å². The summed E-state index contributed by atoms with van der Waals surface area (Å²) in [5.74, 6) is 0.786. The normalized spacial score (nSPS) is 13.9. The molecule has 1 fully saturated rings. The Kier molecular flexibility index (Phi) is 3.34. The standard InChI is InChI=1S/C14H16N2O/c1-3-8-16(12-5-6-12)14-9-13(17-2)7-4-11(14)10-15/h3-4,7,9,12H,1,5-6,8H2,2H3. The lowest BCUT2D eigenvalue weighted by atomic mass is 10.1. The second-order valence-electron chi connectivity index (χ2n) is 4.17. The Morgan fingerprint density at radius 2 is 2.35 bits per heavy atom. The SMILES string of the molecule is C=CCN(c1cc(OC)ccc1C#N)C1CC1. The van der Waals surface area contributed by atoms with Crippen LogP contribution in [0.25, 0.3) is 0 Å². The first-order valence-electron chi connectivity index (χ1n) is 5.76. The van der Waals surface area contributed by atoms with Gasteiger partial charge in [0.1, 0.15) is 11.8 Å². The van der Waals surface area contributed by atoms with Crippen molar-refractivity contribution in [2.24, 2.45) is 0 Å². The van der Waals surface area contributed by atoms with E-state index < -0.39 is 0 Å². The first kappa shape index (κ1) is 11.5. The van der Waals surface area contributed by atoms with Crippen molar-refractivity contribution in [3.8, 4) is 11.8 Å². The molecule has 0 saturated heterocycles. The van der Waals surface area contributed by atoms with Crippen molar-refractivity contribution in [3.63, 3.8) is 0 Å². The van der Waals surface area contributed by atoms with E-state index in [1.54, 1.807) is 7.11 Å². The number of nitriles is 1. The van der Waals surface area contributed by atoms with E-state index in [0.29, 0.717) is 11.6 Å². The average Bonchev–Trinajstić information content (AvgIpc) is 3.19. The summed E-state index contributed by atoms with van der Waals surface area (Å²) in [5.41, 5.74) is 1.65. The first-order chi connectivity index (χ1) is 8.30. The molecule has 0 heterocycles. The number of rotatable bonds is 5. The smallest absolute Gasteiger partial charge is 0.121 e. The van der Waals surface area contributed by atoms with E-state index in [-0.39, 0.29) is 0 Å². The van der Waals surface area contributed by atoms with Gasteiger partial charge in [0.05, 0.1) is 18.4 Å². The van der Waals surface area contributed by atoms with E-state index in [1.165, 1.54) is 12.8 Å². The van der Waals surface area contributed by atoms with Crippen LogP contribution in [0.2, 0.25) is 0 Å². The highest BCUT2D eigenvalue weighted by Crippen LogP contribution is 2.35. The zero-order valence-corrected chi connectivity index (χ0v) is 10.0. The molecule has 1 aromatic carbocycles. The van der Waals surface area contributed by atoms with Crippen LogP contribution < -0.4 is 9.64 Å². The van der Waals surface area contributed by atoms with E-state index in [4.69, 9.17) is 10.00 Å². The summed E-state index contributed by atoms with van der Waals surface area (Å²) in [6.07, 6.45) is 4.25. The van der Waals surface area contributed by atoms with Crippen molar-refractivity contribution >= 4 is 5.69 Å². The summed E-state index contributed by atoms with van der Waals surface area (Å²) in [4.78, 5) is 2.23. The third kappa shape index (κ3) is 2.42. The number of benzene rings is 1. The molecule has 0 spiro atoms. The molecule has 3 heteroatoms. The molecule has 17 heavy (non-hydrogen) atoms. The Labute approximate surface area is 102 Å². The summed E-state index contributed by atoms with van der Waals surface area (Å²) >= 11 is 0. The van der Waals surface area contributed by atoms with Crippen molar-refractivity contribution in [1.82, 2.24) is 0 Å². The van der Waals surface area contributed by atoms with Gasteiger partial charge in [-0.1, -0.05) is 6.08 Å². The van der Waals surface area contributed by atoms with Gasteiger partial charge in [-0.25, -0.2) is 0 Å². The lowest BCUT2D eigenvalue weighted by Crippen LogP contribution is -2.26. The van der Waals surface area contributed by atoms with Gasteiger partial charge >= 0.3 is 0 Å². The van der Waals surface area contributed by atoms with E-state index in [9.17, 15) is 0 Å². The van der Waals surface area contributed by atoms with Crippen molar-refractivity contribution in [2.75, 3.05) is 18.6 Å². The molecule has 0 radical (unpaired) electrons. The third-order valence-corrected chi connectivity index (χ3v) is 2.95. The van der Waals surface area contributed by atoms with E-state index >= 15 is 0 Å². The van der Waals surface area contributed by atoms with Crippen LogP contribution in [-0.4, -0.2) is 19.7 Å². The lowest BCUT2D eigenvalue weighted by Gasteiger charge is -2.24. The average molecular weight is 228 g/mol. The molecule has 0 atom stereocenters. The van der Waals surface area contributed by atoms with Gasteiger partial charge in [-0.2, -0.15) is 5.26 Å². The second kappa shape index (κ2) is 4.92. The van der Waals surface area contributed by atoms with Gasteiger partial charge in [-0.3, -0.25) is 0 Å². The fourth-order valence-corrected chi connectivity index (χ4v) is 1.94. The largest absolute Gasteiger partial charge is 0.497 e. The highest BCUT2D eigenvalue weighted by Gasteiger charge is 2.29. The van der Waals surface area contributed by atoms with Crippen LogP contribution in [0.15, 0.2) is 30.9 Å². The van der Waals surface area contributed by atoms with E-state index in [2.05, 4.69) is 17.5 Å². The maximum Gasteiger partial charge on any atom is 0.121 e. The van der Waals surface area contributed by atoms with Crippen molar-refractivity contribution in [1.29, 1.82) is 5.26 Å². The minimum Gasteiger partial charge on any atom is -0.497 e. The Bertz CT molecular complexity index is 458. The number of methoxy groups -OCH3 is 1. The first-order valence-corrected chi connectivity index (χ1v) is 5.76. The summed E-state index contributed by atoms with van der Waals surface area (Å²) in [7, 11) is 1.64. The monoisotopic (exact) mass is 228 g/mol. The number of nitrogens with zero attached hydrogens (tertiary/aromatic N) is 2. The van der Waals surface area contributed by atoms with Crippen LogP contribution in [-0.2, 0) is 0 Å². The number of hydrogen-bond donors (Lipinski definition) is 0. The highest BCUT2D eigenvalue weighted by molar-refractivity contribution is 5.63. The molecule has 88 valence electrons. The number of ether oxygens (including phenoxy) is 1. The van der Waals surface area contributed by atoms with E-state index in [1.807, 2.05) is 24.3 Å². The molecule has 2 rings (SSSR count). The van der Waals surface area contributed by atoms with Crippen LogP contribution in [0.5, 0.6) is 5.75 Å². The van der Waals surface area contributed by atoms with E-state index in [0.717, 1.165) is 18.0 Å². The van der Waals surface area contributed by atoms with Crippen molar-refractivity contribution in [3.05, 3.63) is 36.4 Å². The van der Waals surface area contributed by atoms with Gasteiger partial charge in [0.25, 0.3) is 0 Å². The molecule has 1 aromatic rings. The Morgan fingerprint density at radius 1 is 1.59 bits per heavy atom. The third-order valence-electron chi connectivity index (χ3n) is 2.95. The van der Waals surface area contributed by atoms with Gasteiger partial charge in [-0.15, -0.1) is 6.58 Å². The molecule has 0 unspecified atom stereocenters. The minimum atomic E-state index is 0.548. The number of hydrogen-bond acceptors (Lipinski definition) is 3. The summed E-state index contributed by atoms with van der Waals surface area (Å²) < 4.78 is 5.22. The van der Waals surface area contributed by atoms with Crippen molar-refractivity contribution < 1.29 is 4.74 Å². The Morgan fingerprint density at radius 3 is 2.88 bits per heavy atom. The fraction of sp³-hybridized carbons (Fsp3) is 0.357. The van der Waals surface area contributed by atoms with Gasteiger partial charge < -0.3 is 9.64 Å². The second-order valence-corrected chi connectivity index (χ2v) is 4.17. The van der Waals surface area contributed by atoms with Gasteiger partial charge in [0.2, 0.25) is 0 Å².